The molecule has 2 unspecified atom stereocenters. The van der Waals surface area contributed by atoms with Crippen molar-refractivity contribution < 1.29 is 18.1 Å². The minimum atomic E-state index is -3.24. The molecule has 1 aliphatic rings. The van der Waals surface area contributed by atoms with Gasteiger partial charge >= 0.3 is 7.82 Å². The van der Waals surface area contributed by atoms with Crippen LogP contribution in [0.4, 0.5) is 0 Å². The van der Waals surface area contributed by atoms with Crippen molar-refractivity contribution in [3.8, 4) is 11.8 Å². The lowest BCUT2D eigenvalue weighted by molar-refractivity contribution is 0.217. The van der Waals surface area contributed by atoms with Crippen molar-refractivity contribution in [1.29, 1.82) is 0 Å². The maximum Gasteiger partial charge on any atom is 0.475 e. The van der Waals surface area contributed by atoms with E-state index in [0.29, 0.717) is 0 Å². The van der Waals surface area contributed by atoms with Gasteiger partial charge < -0.3 is 0 Å². The van der Waals surface area contributed by atoms with E-state index in [2.05, 4.69) is 16.4 Å². The summed E-state index contributed by atoms with van der Waals surface area (Å²) < 4.78 is 25.3. The van der Waals surface area contributed by atoms with Gasteiger partial charge in [0.25, 0.3) is 0 Å². The number of phosphoric ester groups is 1. The van der Waals surface area contributed by atoms with Gasteiger partial charge in [0.1, 0.15) is 0 Å². The highest BCUT2D eigenvalue weighted by Gasteiger charge is 2.36. The second-order valence-corrected chi connectivity index (χ2v) is 3.64. The summed E-state index contributed by atoms with van der Waals surface area (Å²) in [6.45, 7) is 1.89. The molecule has 1 aliphatic heterocycles. The van der Waals surface area contributed by atoms with Crippen LogP contribution in [0.2, 0.25) is 0 Å². The van der Waals surface area contributed by atoms with Crippen molar-refractivity contribution in [2.24, 2.45) is 0 Å². The van der Waals surface area contributed by atoms with Crippen molar-refractivity contribution in [3.05, 3.63) is 0 Å². The summed E-state index contributed by atoms with van der Waals surface area (Å²) in [6, 6.07) is 0. The van der Waals surface area contributed by atoms with Gasteiger partial charge in [0, 0.05) is 7.11 Å². The van der Waals surface area contributed by atoms with E-state index in [1.54, 1.807) is 6.92 Å². The molecule has 1 saturated heterocycles. The molecule has 1 rings (SSSR count). The average molecular weight is 176 g/mol. The van der Waals surface area contributed by atoms with Crippen molar-refractivity contribution in [2.75, 3.05) is 13.7 Å². The third-order valence-electron chi connectivity index (χ3n) is 1.17. The first kappa shape index (κ1) is 8.76. The topological polar surface area (TPSA) is 44.8 Å². The van der Waals surface area contributed by atoms with Crippen LogP contribution >= 0.6 is 7.82 Å². The molecule has 0 saturated carbocycles. The van der Waals surface area contributed by atoms with Crippen LogP contribution in [0.5, 0.6) is 0 Å². The number of rotatable bonds is 1. The number of hydrogen-bond acceptors (Lipinski definition) is 4. The molecule has 62 valence electrons. The monoisotopic (exact) mass is 176 g/mol. The molecular weight excluding hydrogens is 167 g/mol. The van der Waals surface area contributed by atoms with E-state index in [0.717, 1.165) is 0 Å². The molecule has 0 aromatic rings. The largest absolute Gasteiger partial charge is 0.475 e. The third kappa shape index (κ3) is 2.05. The smallest absolute Gasteiger partial charge is 0.290 e. The first-order chi connectivity index (χ1) is 5.20. The second kappa shape index (κ2) is 3.38. The maximum absolute atomic E-state index is 11.1. The normalized spacial score (nSPS) is 36.4. The van der Waals surface area contributed by atoms with E-state index in [-0.39, 0.29) is 6.61 Å². The zero-order valence-corrected chi connectivity index (χ0v) is 7.26. The average Bonchev–Trinajstić information content (AvgIpc) is 2.35. The Kier molecular flexibility index (Phi) is 2.69. The quantitative estimate of drug-likeness (QED) is 0.444. The minimum Gasteiger partial charge on any atom is -0.290 e. The molecule has 0 aromatic carbocycles. The van der Waals surface area contributed by atoms with Gasteiger partial charge in [-0.3, -0.25) is 13.6 Å². The lowest BCUT2D eigenvalue weighted by Crippen LogP contribution is -2.04. The molecular formula is C6H9O4P. The first-order valence-electron chi connectivity index (χ1n) is 3.11. The Balaban J connectivity index is 2.58. The fraction of sp³-hybridized carbons (Fsp3) is 0.667. The fourth-order valence-electron chi connectivity index (χ4n) is 0.700. The summed E-state index contributed by atoms with van der Waals surface area (Å²) in [7, 11) is -1.96. The Labute approximate surface area is 65.4 Å². The van der Waals surface area contributed by atoms with Crippen molar-refractivity contribution in [3.63, 3.8) is 0 Å². The molecule has 0 bridgehead atoms. The molecule has 0 radical (unpaired) electrons. The van der Waals surface area contributed by atoms with Crippen LogP contribution in [-0.2, 0) is 18.1 Å². The van der Waals surface area contributed by atoms with E-state index < -0.39 is 13.9 Å². The summed E-state index contributed by atoms with van der Waals surface area (Å²) in [6.07, 6.45) is -0.411. The van der Waals surface area contributed by atoms with Crippen LogP contribution in [0, 0.1) is 11.8 Å². The lowest BCUT2D eigenvalue weighted by Gasteiger charge is -2.03. The summed E-state index contributed by atoms with van der Waals surface area (Å²) >= 11 is 0. The fourth-order valence-corrected chi connectivity index (χ4v) is 1.70. The van der Waals surface area contributed by atoms with Gasteiger partial charge in [-0.05, 0) is 6.92 Å². The zero-order chi connectivity index (χ0) is 8.32. The Bertz CT molecular complexity index is 239. The van der Waals surface area contributed by atoms with Gasteiger partial charge in [-0.1, -0.05) is 5.92 Å². The Morgan fingerprint density at radius 2 is 2.45 bits per heavy atom. The molecule has 5 heteroatoms. The Morgan fingerprint density at radius 1 is 1.73 bits per heavy atom. The molecule has 0 aliphatic carbocycles. The highest BCUT2D eigenvalue weighted by molar-refractivity contribution is 7.48. The van der Waals surface area contributed by atoms with Gasteiger partial charge in [-0.25, -0.2) is 4.57 Å². The van der Waals surface area contributed by atoms with Crippen LogP contribution in [0.15, 0.2) is 0 Å². The summed E-state index contributed by atoms with van der Waals surface area (Å²) in [5, 5.41) is 0. The molecule has 2 atom stereocenters. The van der Waals surface area contributed by atoms with E-state index in [4.69, 9.17) is 9.05 Å². The SMILES string of the molecule is CC#CC1COP(=O)(OC)O1. The van der Waals surface area contributed by atoms with E-state index in [1.807, 2.05) is 0 Å². The van der Waals surface area contributed by atoms with Gasteiger partial charge in [-0.2, -0.15) is 0 Å². The van der Waals surface area contributed by atoms with Gasteiger partial charge in [0.05, 0.1) is 6.61 Å². The number of hydrogen-bond donors (Lipinski definition) is 0. The standard InChI is InChI=1S/C6H9O4P/c1-3-4-6-5-9-11(7,8-2)10-6/h6H,5H2,1-2H3. The molecule has 0 spiro atoms. The maximum atomic E-state index is 11.1. The van der Waals surface area contributed by atoms with Crippen LogP contribution in [0.3, 0.4) is 0 Å². The molecule has 11 heavy (non-hydrogen) atoms. The van der Waals surface area contributed by atoms with Gasteiger partial charge in [0.2, 0.25) is 0 Å². The predicted octanol–water partition coefficient (Wildman–Crippen LogP) is 1.18. The summed E-state index contributed by atoms with van der Waals surface area (Å²) in [5.41, 5.74) is 0. The van der Waals surface area contributed by atoms with Crippen LogP contribution < -0.4 is 0 Å². The van der Waals surface area contributed by atoms with E-state index in [1.165, 1.54) is 7.11 Å². The third-order valence-corrected chi connectivity index (χ3v) is 2.59. The molecule has 0 N–H and O–H groups in total. The molecule has 0 amide bonds. The summed E-state index contributed by atoms with van der Waals surface area (Å²) in [4.78, 5) is 0. The second-order valence-electron chi connectivity index (χ2n) is 1.91. The van der Waals surface area contributed by atoms with Crippen LogP contribution in [-0.4, -0.2) is 19.8 Å². The Morgan fingerprint density at radius 3 is 2.91 bits per heavy atom. The van der Waals surface area contributed by atoms with Crippen molar-refractivity contribution in [1.82, 2.24) is 0 Å². The first-order valence-corrected chi connectivity index (χ1v) is 4.57. The van der Waals surface area contributed by atoms with Crippen molar-refractivity contribution >= 4 is 7.82 Å². The predicted molar refractivity (Wildman–Crippen MR) is 38.9 cm³/mol. The lowest BCUT2D eigenvalue weighted by atomic mass is 10.4. The molecule has 0 aromatic heterocycles. The number of phosphoric acid groups is 1. The molecule has 1 fully saturated rings. The van der Waals surface area contributed by atoms with Crippen molar-refractivity contribution in [2.45, 2.75) is 13.0 Å². The van der Waals surface area contributed by atoms with E-state index in [9.17, 15) is 4.57 Å². The molecule has 1 heterocycles. The van der Waals surface area contributed by atoms with E-state index >= 15 is 0 Å². The highest BCUT2D eigenvalue weighted by Crippen LogP contribution is 2.53. The van der Waals surface area contributed by atoms with Crippen LogP contribution in [0.1, 0.15) is 6.92 Å². The zero-order valence-electron chi connectivity index (χ0n) is 6.36. The highest BCUT2D eigenvalue weighted by atomic mass is 31.2. The molecule has 4 nitrogen and oxygen atoms in total. The van der Waals surface area contributed by atoms with Gasteiger partial charge in [-0.15, -0.1) is 5.92 Å². The van der Waals surface area contributed by atoms with Crippen LogP contribution in [0.25, 0.3) is 0 Å². The summed E-state index contributed by atoms with van der Waals surface area (Å²) in [5.74, 6) is 5.32. The Hall–Kier alpha value is -0.330. The van der Waals surface area contributed by atoms with Gasteiger partial charge in [0.15, 0.2) is 6.10 Å². The minimum absolute atomic E-state index is 0.214.